The van der Waals surface area contributed by atoms with Crippen molar-refractivity contribution in [3.63, 3.8) is 0 Å². The van der Waals surface area contributed by atoms with Gasteiger partial charge in [-0.05, 0) is 12.1 Å². The van der Waals surface area contributed by atoms with Crippen LogP contribution in [-0.2, 0) is 4.79 Å². The molecular formula is C8H8O4. The van der Waals surface area contributed by atoms with Crippen LogP contribution in [0.4, 0.5) is 0 Å². The third-order valence-electron chi connectivity index (χ3n) is 1.28. The maximum Gasteiger partial charge on any atom is 0.290 e. The van der Waals surface area contributed by atoms with Crippen molar-refractivity contribution in [2.75, 3.05) is 6.79 Å². The summed E-state index contributed by atoms with van der Waals surface area (Å²) >= 11 is 0. The number of ether oxygens (including phenoxy) is 2. The second kappa shape index (κ2) is 4.23. The Kier molecular flexibility index (Phi) is 2.95. The van der Waals surface area contributed by atoms with Gasteiger partial charge in [-0.1, -0.05) is 12.1 Å². The maximum atomic E-state index is 8.36. The lowest BCUT2D eigenvalue weighted by Gasteiger charge is -1.89. The molecule has 1 aromatic carbocycles. The van der Waals surface area contributed by atoms with E-state index in [0.29, 0.717) is 6.79 Å². The first-order valence-corrected chi connectivity index (χ1v) is 3.31. The molecule has 1 N–H and O–H groups in total. The smallest absolute Gasteiger partial charge is 0.290 e. The van der Waals surface area contributed by atoms with E-state index in [1.807, 2.05) is 24.3 Å². The molecule has 2 rings (SSSR count). The van der Waals surface area contributed by atoms with E-state index < -0.39 is 0 Å². The van der Waals surface area contributed by atoms with Crippen LogP contribution in [0.15, 0.2) is 24.3 Å². The fraction of sp³-hybridized carbons (Fsp3) is 0.125. The van der Waals surface area contributed by atoms with Gasteiger partial charge in [0, 0.05) is 0 Å². The molecule has 0 radical (unpaired) electrons. The molecule has 0 aromatic heterocycles. The molecule has 0 spiro atoms. The van der Waals surface area contributed by atoms with Gasteiger partial charge in [-0.3, -0.25) is 4.79 Å². The highest BCUT2D eigenvalue weighted by Gasteiger charge is 2.09. The summed E-state index contributed by atoms with van der Waals surface area (Å²) in [6.07, 6.45) is 0. The zero-order valence-corrected chi connectivity index (χ0v) is 6.27. The molecule has 12 heavy (non-hydrogen) atoms. The molecule has 4 heteroatoms. The van der Waals surface area contributed by atoms with Gasteiger partial charge in [-0.25, -0.2) is 0 Å². The van der Waals surface area contributed by atoms with E-state index in [1.54, 1.807) is 0 Å². The lowest BCUT2D eigenvalue weighted by Crippen LogP contribution is -1.92. The van der Waals surface area contributed by atoms with Crippen molar-refractivity contribution in [1.82, 2.24) is 0 Å². The largest absolute Gasteiger partial charge is 0.483 e. The quantitative estimate of drug-likeness (QED) is 0.589. The summed E-state index contributed by atoms with van der Waals surface area (Å²) in [6.45, 7) is 0.110. The van der Waals surface area contributed by atoms with Crippen molar-refractivity contribution in [2.24, 2.45) is 0 Å². The third-order valence-corrected chi connectivity index (χ3v) is 1.28. The minimum atomic E-state index is -0.250. The van der Waals surface area contributed by atoms with E-state index >= 15 is 0 Å². The van der Waals surface area contributed by atoms with Crippen LogP contribution in [0.25, 0.3) is 0 Å². The van der Waals surface area contributed by atoms with Crippen molar-refractivity contribution in [2.45, 2.75) is 0 Å². The van der Waals surface area contributed by atoms with E-state index in [0.717, 1.165) is 11.5 Å². The molecule has 0 aliphatic carbocycles. The first-order valence-electron chi connectivity index (χ1n) is 3.31. The van der Waals surface area contributed by atoms with E-state index in [1.165, 1.54) is 0 Å². The molecule has 1 heterocycles. The Bertz CT molecular complexity index is 236. The highest BCUT2D eigenvalue weighted by Crippen LogP contribution is 2.30. The summed E-state index contributed by atoms with van der Waals surface area (Å²) in [6, 6.07) is 7.63. The van der Waals surface area contributed by atoms with Gasteiger partial charge >= 0.3 is 0 Å². The molecule has 0 amide bonds. The summed E-state index contributed by atoms with van der Waals surface area (Å²) in [5.74, 6) is 1.69. The average Bonchev–Trinajstić information content (AvgIpc) is 2.52. The molecular weight excluding hydrogens is 160 g/mol. The Labute approximate surface area is 69.3 Å². The van der Waals surface area contributed by atoms with Crippen molar-refractivity contribution in [1.29, 1.82) is 0 Å². The lowest BCUT2D eigenvalue weighted by molar-refractivity contribution is -0.122. The minimum absolute atomic E-state index is 0.250. The van der Waals surface area contributed by atoms with Crippen LogP contribution in [0.2, 0.25) is 0 Å². The Balaban J connectivity index is 0.000000213. The van der Waals surface area contributed by atoms with Gasteiger partial charge < -0.3 is 14.6 Å². The monoisotopic (exact) mass is 168 g/mol. The Hall–Kier alpha value is -1.71. The second-order valence-electron chi connectivity index (χ2n) is 1.96. The van der Waals surface area contributed by atoms with E-state index in [-0.39, 0.29) is 6.47 Å². The van der Waals surface area contributed by atoms with E-state index in [9.17, 15) is 0 Å². The molecule has 0 unspecified atom stereocenters. The summed E-state index contributed by atoms with van der Waals surface area (Å²) in [7, 11) is 0. The second-order valence-corrected chi connectivity index (χ2v) is 1.96. The third kappa shape index (κ3) is 1.88. The molecule has 64 valence electrons. The van der Waals surface area contributed by atoms with Crippen LogP contribution >= 0.6 is 0 Å². The predicted octanol–water partition coefficient (Wildman–Crippen LogP) is 1.12. The number of hydrogen-bond donors (Lipinski definition) is 1. The number of para-hydroxylation sites is 2. The first-order chi connectivity index (χ1) is 5.88. The van der Waals surface area contributed by atoms with Crippen LogP contribution in [0.3, 0.4) is 0 Å². The molecule has 0 saturated heterocycles. The van der Waals surface area contributed by atoms with Gasteiger partial charge in [0.05, 0.1) is 0 Å². The average molecular weight is 168 g/mol. The minimum Gasteiger partial charge on any atom is -0.483 e. The molecule has 0 fully saturated rings. The van der Waals surface area contributed by atoms with Crippen molar-refractivity contribution in [3.05, 3.63) is 24.3 Å². The molecule has 1 aliphatic heterocycles. The van der Waals surface area contributed by atoms with Gasteiger partial charge in [0.25, 0.3) is 6.47 Å². The van der Waals surface area contributed by atoms with Gasteiger partial charge in [0.15, 0.2) is 11.5 Å². The Morgan fingerprint density at radius 1 is 1.25 bits per heavy atom. The van der Waals surface area contributed by atoms with Crippen LogP contribution in [0.1, 0.15) is 0 Å². The molecule has 0 saturated carbocycles. The topological polar surface area (TPSA) is 55.8 Å². The zero-order valence-electron chi connectivity index (χ0n) is 6.27. The summed E-state index contributed by atoms with van der Waals surface area (Å²) in [5.41, 5.74) is 0. The van der Waals surface area contributed by atoms with E-state index in [2.05, 4.69) is 0 Å². The lowest BCUT2D eigenvalue weighted by atomic mass is 10.3. The molecule has 4 nitrogen and oxygen atoms in total. The zero-order chi connectivity index (χ0) is 8.81. The number of benzene rings is 1. The maximum absolute atomic E-state index is 8.36. The van der Waals surface area contributed by atoms with Gasteiger partial charge in [-0.15, -0.1) is 0 Å². The standard InChI is InChI=1S/C7H6O2.CH2O2/c1-2-4-7-6(3-1)8-5-9-7;2-1-3/h1-4H,5H2;1H,(H,2,3). The van der Waals surface area contributed by atoms with Crippen molar-refractivity contribution < 1.29 is 19.4 Å². The number of carbonyl (C=O) groups is 1. The fourth-order valence-corrected chi connectivity index (χ4v) is 0.845. The number of hydrogen-bond acceptors (Lipinski definition) is 3. The van der Waals surface area contributed by atoms with Crippen LogP contribution < -0.4 is 9.47 Å². The van der Waals surface area contributed by atoms with Crippen LogP contribution in [-0.4, -0.2) is 18.4 Å². The van der Waals surface area contributed by atoms with Gasteiger partial charge in [-0.2, -0.15) is 0 Å². The van der Waals surface area contributed by atoms with Gasteiger partial charge in [0.2, 0.25) is 6.79 Å². The van der Waals surface area contributed by atoms with Gasteiger partial charge in [0.1, 0.15) is 0 Å². The van der Waals surface area contributed by atoms with Crippen LogP contribution in [0.5, 0.6) is 11.5 Å². The summed E-state index contributed by atoms with van der Waals surface area (Å²) < 4.78 is 10.2. The van der Waals surface area contributed by atoms with Crippen molar-refractivity contribution in [3.8, 4) is 11.5 Å². The molecule has 1 aromatic rings. The highest BCUT2D eigenvalue weighted by molar-refractivity contribution is 5.40. The fourth-order valence-electron chi connectivity index (χ4n) is 0.845. The molecule has 0 bridgehead atoms. The number of carboxylic acid groups (broad SMARTS) is 1. The normalized spacial score (nSPS) is 11.3. The summed E-state index contributed by atoms with van der Waals surface area (Å²) in [5, 5.41) is 6.89. The van der Waals surface area contributed by atoms with Crippen molar-refractivity contribution >= 4 is 6.47 Å². The Morgan fingerprint density at radius 2 is 1.67 bits per heavy atom. The van der Waals surface area contributed by atoms with Crippen LogP contribution in [0, 0.1) is 0 Å². The number of fused-ring (bicyclic) bond motifs is 1. The van der Waals surface area contributed by atoms with E-state index in [4.69, 9.17) is 19.4 Å². The number of rotatable bonds is 0. The first kappa shape index (κ1) is 8.39. The molecule has 1 aliphatic rings. The summed E-state index contributed by atoms with van der Waals surface area (Å²) in [4.78, 5) is 8.36. The SMILES string of the molecule is O=CO.c1ccc2c(c1)OCO2. The Morgan fingerprint density at radius 3 is 2.08 bits per heavy atom. The highest BCUT2D eigenvalue weighted by atomic mass is 16.7. The molecule has 0 atom stereocenters. The predicted molar refractivity (Wildman–Crippen MR) is 41.3 cm³/mol.